The van der Waals surface area contributed by atoms with Gasteiger partial charge in [-0.15, -0.1) is 0 Å². The lowest BCUT2D eigenvalue weighted by Crippen LogP contribution is -2.45. The van der Waals surface area contributed by atoms with Crippen molar-refractivity contribution in [2.45, 2.75) is 59.1 Å². The molecule has 0 radical (unpaired) electrons. The van der Waals surface area contributed by atoms with Gasteiger partial charge in [0.05, 0.1) is 6.10 Å². The van der Waals surface area contributed by atoms with E-state index in [0.717, 1.165) is 39.0 Å². The standard InChI is InChI=1S/C14H30N2O/c1-5-15-13(14(2,3)4)8-10-16-9-6-7-12(17)11-16/h12-13,15,17H,5-11H2,1-4H3. The highest BCUT2D eigenvalue weighted by molar-refractivity contribution is 4.82. The van der Waals surface area contributed by atoms with Gasteiger partial charge in [-0.1, -0.05) is 27.7 Å². The molecule has 1 saturated heterocycles. The number of rotatable bonds is 5. The maximum absolute atomic E-state index is 9.65. The summed E-state index contributed by atoms with van der Waals surface area (Å²) >= 11 is 0. The molecule has 0 aromatic carbocycles. The van der Waals surface area contributed by atoms with Crippen LogP contribution in [0.25, 0.3) is 0 Å². The third-order valence-electron chi connectivity index (χ3n) is 3.71. The number of hydrogen-bond donors (Lipinski definition) is 2. The first-order valence-corrected chi connectivity index (χ1v) is 7.07. The van der Waals surface area contributed by atoms with Gasteiger partial charge in [-0.05, 0) is 44.3 Å². The second kappa shape index (κ2) is 6.72. The molecule has 0 aromatic heterocycles. The molecule has 0 bridgehead atoms. The monoisotopic (exact) mass is 242 g/mol. The summed E-state index contributed by atoms with van der Waals surface area (Å²) in [5.74, 6) is 0. The van der Waals surface area contributed by atoms with Crippen molar-refractivity contribution in [3.05, 3.63) is 0 Å². The Balaban J connectivity index is 2.35. The zero-order chi connectivity index (χ0) is 12.9. The second-order valence-electron chi connectivity index (χ2n) is 6.36. The molecule has 17 heavy (non-hydrogen) atoms. The van der Waals surface area contributed by atoms with E-state index >= 15 is 0 Å². The Labute approximate surface area is 107 Å². The van der Waals surface area contributed by atoms with E-state index in [9.17, 15) is 5.11 Å². The number of nitrogens with one attached hydrogen (secondary N) is 1. The van der Waals surface area contributed by atoms with Crippen LogP contribution in [0.3, 0.4) is 0 Å². The minimum Gasteiger partial charge on any atom is -0.392 e. The summed E-state index contributed by atoms with van der Waals surface area (Å²) in [5.41, 5.74) is 0.310. The smallest absolute Gasteiger partial charge is 0.0667 e. The number of aliphatic hydroxyl groups excluding tert-OH is 1. The lowest BCUT2D eigenvalue weighted by molar-refractivity contribution is 0.0656. The molecule has 2 unspecified atom stereocenters. The van der Waals surface area contributed by atoms with E-state index in [-0.39, 0.29) is 6.10 Å². The average Bonchev–Trinajstić information content (AvgIpc) is 2.22. The van der Waals surface area contributed by atoms with Crippen LogP contribution in [0.4, 0.5) is 0 Å². The molecule has 2 N–H and O–H groups in total. The van der Waals surface area contributed by atoms with E-state index < -0.39 is 0 Å². The van der Waals surface area contributed by atoms with Crippen molar-refractivity contribution < 1.29 is 5.11 Å². The zero-order valence-electron chi connectivity index (χ0n) is 12.0. The molecule has 1 aliphatic heterocycles. The van der Waals surface area contributed by atoms with Gasteiger partial charge in [-0.25, -0.2) is 0 Å². The van der Waals surface area contributed by atoms with Crippen molar-refractivity contribution in [3.63, 3.8) is 0 Å². The average molecular weight is 242 g/mol. The molecule has 0 aromatic rings. The van der Waals surface area contributed by atoms with E-state index in [1.165, 1.54) is 6.42 Å². The van der Waals surface area contributed by atoms with Crippen LogP contribution in [0, 0.1) is 5.41 Å². The molecule has 1 rings (SSSR count). The molecule has 0 spiro atoms. The van der Waals surface area contributed by atoms with Gasteiger partial charge in [0.15, 0.2) is 0 Å². The van der Waals surface area contributed by atoms with Crippen LogP contribution in [-0.2, 0) is 0 Å². The normalized spacial score (nSPS) is 24.9. The van der Waals surface area contributed by atoms with E-state index in [2.05, 4.69) is 37.9 Å². The Hall–Kier alpha value is -0.120. The Bertz CT molecular complexity index is 213. The van der Waals surface area contributed by atoms with Crippen LogP contribution >= 0.6 is 0 Å². The minimum atomic E-state index is -0.101. The first-order valence-electron chi connectivity index (χ1n) is 7.07. The van der Waals surface area contributed by atoms with Crippen molar-refractivity contribution in [1.29, 1.82) is 0 Å². The lowest BCUT2D eigenvalue weighted by Gasteiger charge is -2.35. The van der Waals surface area contributed by atoms with Crippen LogP contribution in [0.15, 0.2) is 0 Å². The highest BCUT2D eigenvalue weighted by Crippen LogP contribution is 2.22. The first-order chi connectivity index (χ1) is 7.93. The van der Waals surface area contributed by atoms with Crippen LogP contribution in [-0.4, -0.2) is 48.3 Å². The predicted molar refractivity (Wildman–Crippen MR) is 73.2 cm³/mol. The number of nitrogens with zero attached hydrogens (tertiary/aromatic N) is 1. The van der Waals surface area contributed by atoms with E-state index in [1.54, 1.807) is 0 Å². The van der Waals surface area contributed by atoms with E-state index in [1.807, 2.05) is 0 Å². The van der Waals surface area contributed by atoms with Crippen molar-refractivity contribution >= 4 is 0 Å². The van der Waals surface area contributed by atoms with Gasteiger partial charge >= 0.3 is 0 Å². The fourth-order valence-electron chi connectivity index (χ4n) is 2.63. The SMILES string of the molecule is CCNC(CCN1CCCC(O)C1)C(C)(C)C. The molecule has 0 amide bonds. The Morgan fingerprint density at radius 1 is 1.41 bits per heavy atom. The van der Waals surface area contributed by atoms with E-state index in [4.69, 9.17) is 0 Å². The van der Waals surface area contributed by atoms with Gasteiger partial charge in [0.25, 0.3) is 0 Å². The van der Waals surface area contributed by atoms with Gasteiger partial charge in [0.2, 0.25) is 0 Å². The molecule has 0 aliphatic carbocycles. The zero-order valence-corrected chi connectivity index (χ0v) is 12.0. The molecule has 0 saturated carbocycles. The predicted octanol–water partition coefficient (Wildman–Crippen LogP) is 1.86. The third kappa shape index (κ3) is 5.36. The Morgan fingerprint density at radius 3 is 2.65 bits per heavy atom. The number of β-amino-alcohol motifs (C(OH)–C–C–N with tert-alkyl or cyclic N) is 1. The molecular weight excluding hydrogens is 212 g/mol. The largest absolute Gasteiger partial charge is 0.392 e. The Morgan fingerprint density at radius 2 is 2.12 bits per heavy atom. The number of piperidine rings is 1. The fraction of sp³-hybridized carbons (Fsp3) is 1.00. The molecule has 102 valence electrons. The van der Waals surface area contributed by atoms with Gasteiger partial charge in [-0.2, -0.15) is 0 Å². The summed E-state index contributed by atoms with van der Waals surface area (Å²) in [6, 6.07) is 0.562. The van der Waals surface area contributed by atoms with Crippen molar-refractivity contribution in [3.8, 4) is 0 Å². The van der Waals surface area contributed by atoms with Gasteiger partial charge in [0.1, 0.15) is 0 Å². The van der Waals surface area contributed by atoms with Crippen LogP contribution in [0.2, 0.25) is 0 Å². The van der Waals surface area contributed by atoms with Gasteiger partial charge < -0.3 is 15.3 Å². The van der Waals surface area contributed by atoms with Gasteiger partial charge in [-0.3, -0.25) is 0 Å². The molecule has 1 fully saturated rings. The highest BCUT2D eigenvalue weighted by atomic mass is 16.3. The second-order valence-corrected chi connectivity index (χ2v) is 6.36. The first kappa shape index (κ1) is 14.9. The van der Waals surface area contributed by atoms with Gasteiger partial charge in [0, 0.05) is 12.6 Å². The summed E-state index contributed by atoms with van der Waals surface area (Å²) in [6.45, 7) is 13.2. The van der Waals surface area contributed by atoms with Crippen LogP contribution < -0.4 is 5.32 Å². The van der Waals surface area contributed by atoms with Crippen LogP contribution in [0.5, 0.6) is 0 Å². The summed E-state index contributed by atoms with van der Waals surface area (Å²) in [4.78, 5) is 2.41. The summed E-state index contributed by atoms with van der Waals surface area (Å²) in [5, 5.41) is 13.2. The third-order valence-corrected chi connectivity index (χ3v) is 3.71. The maximum atomic E-state index is 9.65. The lowest BCUT2D eigenvalue weighted by atomic mass is 9.84. The van der Waals surface area contributed by atoms with E-state index in [0.29, 0.717) is 11.5 Å². The minimum absolute atomic E-state index is 0.101. The molecule has 2 atom stereocenters. The number of likely N-dealkylation sites (tertiary alicyclic amines) is 1. The molecule has 3 heteroatoms. The quantitative estimate of drug-likeness (QED) is 0.772. The topological polar surface area (TPSA) is 35.5 Å². The Kier molecular flexibility index (Phi) is 5.90. The van der Waals surface area contributed by atoms with Crippen molar-refractivity contribution in [2.75, 3.05) is 26.2 Å². The number of aliphatic hydroxyl groups is 1. The van der Waals surface area contributed by atoms with Crippen LogP contribution in [0.1, 0.15) is 47.0 Å². The fourth-order valence-corrected chi connectivity index (χ4v) is 2.63. The van der Waals surface area contributed by atoms with Crippen molar-refractivity contribution in [2.24, 2.45) is 5.41 Å². The highest BCUT2D eigenvalue weighted by Gasteiger charge is 2.25. The molecule has 3 nitrogen and oxygen atoms in total. The molecular formula is C14H30N2O. The molecule has 1 aliphatic rings. The summed E-state index contributed by atoms with van der Waals surface area (Å²) in [7, 11) is 0. The molecule has 1 heterocycles. The summed E-state index contributed by atoms with van der Waals surface area (Å²) < 4.78 is 0. The maximum Gasteiger partial charge on any atom is 0.0667 e. The number of hydrogen-bond acceptors (Lipinski definition) is 3. The van der Waals surface area contributed by atoms with Crippen molar-refractivity contribution in [1.82, 2.24) is 10.2 Å². The summed E-state index contributed by atoms with van der Waals surface area (Å²) in [6.07, 6.45) is 3.19.